The van der Waals surface area contributed by atoms with Crippen LogP contribution in [0.2, 0.25) is 0 Å². The van der Waals surface area contributed by atoms with E-state index in [0.29, 0.717) is 12.5 Å². The number of furan rings is 1. The van der Waals surface area contributed by atoms with Crippen LogP contribution in [0, 0.1) is 5.92 Å². The molecule has 2 saturated heterocycles. The molecule has 0 N–H and O–H groups in total. The molecule has 1 aromatic heterocycles. The van der Waals surface area contributed by atoms with Gasteiger partial charge >= 0.3 is 0 Å². The van der Waals surface area contributed by atoms with Gasteiger partial charge in [0.15, 0.2) is 0 Å². The Balaban J connectivity index is 1.58. The van der Waals surface area contributed by atoms with Gasteiger partial charge in [0.1, 0.15) is 5.76 Å². The van der Waals surface area contributed by atoms with Gasteiger partial charge in [-0.2, -0.15) is 0 Å². The third-order valence-electron chi connectivity index (χ3n) is 4.38. The van der Waals surface area contributed by atoms with E-state index in [9.17, 15) is 4.79 Å². The van der Waals surface area contributed by atoms with Crippen LogP contribution in [0.5, 0.6) is 0 Å². The predicted molar refractivity (Wildman–Crippen MR) is 82.3 cm³/mol. The summed E-state index contributed by atoms with van der Waals surface area (Å²) >= 11 is 0. The van der Waals surface area contributed by atoms with E-state index in [1.54, 1.807) is 6.26 Å². The van der Waals surface area contributed by atoms with E-state index in [4.69, 9.17) is 9.15 Å². The Hall–Kier alpha value is -1.37. The van der Waals surface area contributed by atoms with Crippen molar-refractivity contribution in [2.75, 3.05) is 53.4 Å². The number of likely N-dealkylation sites (N-methyl/N-ethyl adjacent to an activating group) is 1. The molecule has 0 radical (unpaired) electrons. The van der Waals surface area contributed by atoms with Gasteiger partial charge in [-0.25, -0.2) is 0 Å². The van der Waals surface area contributed by atoms with Crippen LogP contribution in [0.4, 0.5) is 0 Å². The third kappa shape index (κ3) is 3.69. The molecule has 3 rings (SSSR count). The predicted octanol–water partition coefficient (Wildman–Crippen LogP) is 0.500. The molecule has 0 bridgehead atoms. The maximum absolute atomic E-state index is 12.2. The van der Waals surface area contributed by atoms with Crippen molar-refractivity contribution in [1.82, 2.24) is 14.7 Å². The van der Waals surface area contributed by atoms with Gasteiger partial charge in [0.25, 0.3) is 0 Å². The molecule has 1 aromatic rings. The molecule has 2 fully saturated rings. The van der Waals surface area contributed by atoms with Gasteiger partial charge in [-0.15, -0.1) is 0 Å². The lowest BCUT2D eigenvalue weighted by atomic mass is 10.1. The number of hydrogen-bond acceptors (Lipinski definition) is 5. The molecule has 22 heavy (non-hydrogen) atoms. The first-order valence-corrected chi connectivity index (χ1v) is 7.90. The summed E-state index contributed by atoms with van der Waals surface area (Å²) in [6.45, 7) is 5.40. The molecule has 6 nitrogen and oxygen atoms in total. The summed E-state index contributed by atoms with van der Waals surface area (Å²) in [6, 6.07) is 3.93. The molecule has 0 saturated carbocycles. The van der Waals surface area contributed by atoms with Crippen LogP contribution >= 0.6 is 0 Å². The van der Waals surface area contributed by atoms with E-state index in [1.807, 2.05) is 36.0 Å². The molecule has 122 valence electrons. The van der Waals surface area contributed by atoms with Crippen LogP contribution in [-0.2, 0) is 16.1 Å². The lowest BCUT2D eigenvalue weighted by Gasteiger charge is -2.23. The molecule has 2 atom stereocenters. The monoisotopic (exact) mass is 307 g/mol. The maximum Gasteiger partial charge on any atom is 0.236 e. The first kappa shape index (κ1) is 15.5. The smallest absolute Gasteiger partial charge is 0.236 e. The maximum atomic E-state index is 12.2. The zero-order valence-electron chi connectivity index (χ0n) is 13.4. The van der Waals surface area contributed by atoms with Crippen LogP contribution in [0.15, 0.2) is 22.8 Å². The minimum atomic E-state index is 0.174. The van der Waals surface area contributed by atoms with Crippen LogP contribution < -0.4 is 0 Å². The second-order valence-corrected chi connectivity index (χ2v) is 6.52. The molecule has 2 aliphatic heterocycles. The van der Waals surface area contributed by atoms with E-state index >= 15 is 0 Å². The third-order valence-corrected chi connectivity index (χ3v) is 4.38. The van der Waals surface area contributed by atoms with E-state index in [2.05, 4.69) is 4.90 Å². The van der Waals surface area contributed by atoms with Gasteiger partial charge in [-0.05, 0) is 26.2 Å². The summed E-state index contributed by atoms with van der Waals surface area (Å²) in [7, 11) is 3.85. The number of hydrogen-bond donors (Lipinski definition) is 0. The number of nitrogens with zero attached hydrogens (tertiary/aromatic N) is 3. The first-order chi connectivity index (χ1) is 10.6. The second kappa shape index (κ2) is 6.81. The van der Waals surface area contributed by atoms with Crippen molar-refractivity contribution in [2.24, 2.45) is 5.92 Å². The molecule has 1 amide bonds. The largest absolute Gasteiger partial charge is 0.468 e. The fraction of sp³-hybridized carbons (Fsp3) is 0.688. The highest BCUT2D eigenvalue weighted by molar-refractivity contribution is 5.78. The van der Waals surface area contributed by atoms with Crippen LogP contribution in [0.1, 0.15) is 5.76 Å². The van der Waals surface area contributed by atoms with Gasteiger partial charge in [-0.1, -0.05) is 0 Å². The molecule has 0 aromatic carbocycles. The second-order valence-electron chi connectivity index (χ2n) is 6.52. The lowest BCUT2D eigenvalue weighted by molar-refractivity contribution is -0.131. The number of carbonyl (C=O) groups excluding carboxylic acids is 1. The van der Waals surface area contributed by atoms with Crippen molar-refractivity contribution in [3.05, 3.63) is 24.2 Å². The zero-order valence-corrected chi connectivity index (χ0v) is 13.4. The van der Waals surface area contributed by atoms with Crippen LogP contribution in [-0.4, -0.2) is 80.1 Å². The highest BCUT2D eigenvalue weighted by atomic mass is 16.5. The number of rotatable bonds is 4. The number of likely N-dealkylation sites (tertiary alicyclic amines) is 1. The molecular formula is C16H25N3O3. The van der Waals surface area contributed by atoms with Gasteiger partial charge in [-0.3, -0.25) is 9.69 Å². The minimum Gasteiger partial charge on any atom is -0.468 e. The Morgan fingerprint density at radius 2 is 2.23 bits per heavy atom. The van der Waals surface area contributed by atoms with Gasteiger partial charge in [0, 0.05) is 32.1 Å². The summed E-state index contributed by atoms with van der Waals surface area (Å²) in [4.78, 5) is 18.5. The Labute approximate surface area is 131 Å². The number of fused-ring (bicyclic) bond motifs is 1. The summed E-state index contributed by atoms with van der Waals surface area (Å²) in [5.41, 5.74) is 0. The summed E-state index contributed by atoms with van der Waals surface area (Å²) in [5, 5.41) is 0. The highest BCUT2D eigenvalue weighted by Crippen LogP contribution is 2.24. The standard InChI is InChI=1S/C16H25N3O3/c1-17(2)12-16(20)19-9-13-8-18(5-7-22-15(13)11-19)10-14-4-3-6-21-14/h3-4,6,13,15H,5,7-12H2,1-2H3/t13-,15+/m0/s1. The quantitative estimate of drug-likeness (QED) is 0.811. The summed E-state index contributed by atoms with van der Waals surface area (Å²) in [5.74, 6) is 1.57. The lowest BCUT2D eigenvalue weighted by Crippen LogP contribution is -2.38. The number of carbonyl (C=O) groups is 1. The van der Waals surface area contributed by atoms with Crippen LogP contribution in [0.25, 0.3) is 0 Å². The van der Waals surface area contributed by atoms with E-state index in [-0.39, 0.29) is 12.0 Å². The molecule has 0 spiro atoms. The van der Waals surface area contributed by atoms with Gasteiger partial charge < -0.3 is 19.0 Å². The van der Waals surface area contributed by atoms with Crippen molar-refractivity contribution in [1.29, 1.82) is 0 Å². The normalized spacial score (nSPS) is 26.2. The first-order valence-electron chi connectivity index (χ1n) is 7.90. The Bertz CT molecular complexity index is 489. The molecule has 2 aliphatic rings. The summed E-state index contributed by atoms with van der Waals surface area (Å²) < 4.78 is 11.4. The minimum absolute atomic E-state index is 0.174. The number of ether oxygens (including phenoxy) is 1. The Morgan fingerprint density at radius 3 is 2.95 bits per heavy atom. The van der Waals surface area contributed by atoms with E-state index in [1.165, 1.54) is 0 Å². The Morgan fingerprint density at radius 1 is 1.36 bits per heavy atom. The Kier molecular flexibility index (Phi) is 4.81. The summed E-state index contributed by atoms with van der Waals surface area (Å²) in [6.07, 6.45) is 1.89. The fourth-order valence-corrected chi connectivity index (χ4v) is 3.30. The van der Waals surface area contributed by atoms with Gasteiger partial charge in [0.2, 0.25) is 5.91 Å². The van der Waals surface area contributed by atoms with Crippen molar-refractivity contribution >= 4 is 5.91 Å². The molecule has 6 heteroatoms. The average Bonchev–Trinajstić information content (AvgIpc) is 3.05. The van der Waals surface area contributed by atoms with Crippen molar-refractivity contribution in [2.45, 2.75) is 12.6 Å². The zero-order chi connectivity index (χ0) is 15.5. The average molecular weight is 307 g/mol. The number of amides is 1. The molecular weight excluding hydrogens is 282 g/mol. The highest BCUT2D eigenvalue weighted by Gasteiger charge is 2.38. The molecule has 3 heterocycles. The van der Waals surface area contributed by atoms with Crippen molar-refractivity contribution < 1.29 is 13.9 Å². The topological polar surface area (TPSA) is 49.2 Å². The van der Waals surface area contributed by atoms with Crippen LogP contribution in [0.3, 0.4) is 0 Å². The molecule has 0 aliphatic carbocycles. The van der Waals surface area contributed by atoms with Gasteiger partial charge in [0.05, 0.1) is 32.1 Å². The van der Waals surface area contributed by atoms with E-state index in [0.717, 1.165) is 45.1 Å². The van der Waals surface area contributed by atoms with Crippen molar-refractivity contribution in [3.63, 3.8) is 0 Å². The van der Waals surface area contributed by atoms with E-state index < -0.39 is 0 Å². The molecule has 0 unspecified atom stereocenters. The van der Waals surface area contributed by atoms with Crippen molar-refractivity contribution in [3.8, 4) is 0 Å². The fourth-order valence-electron chi connectivity index (χ4n) is 3.30. The SMILES string of the molecule is CN(C)CC(=O)N1C[C@@H]2CN(Cc3ccco3)CCO[C@@H]2C1.